The summed E-state index contributed by atoms with van der Waals surface area (Å²) in [5, 5.41) is 4.42. The SMILES string of the molecule is Fc1cnc(N/N=C\c2ccc(OCc3c(F)cccc3Cl)cc2)nc1N1CCOCC1. The second kappa shape index (κ2) is 10.3. The number of hydrazone groups is 1. The average Bonchev–Trinajstić information content (AvgIpc) is 2.81. The van der Waals surface area contributed by atoms with Gasteiger partial charge in [0.2, 0.25) is 5.95 Å². The smallest absolute Gasteiger partial charge is 0.245 e. The van der Waals surface area contributed by atoms with Gasteiger partial charge in [-0.05, 0) is 42.0 Å². The maximum Gasteiger partial charge on any atom is 0.245 e. The number of rotatable bonds is 7. The molecule has 3 aromatic rings. The molecular formula is C22H20ClF2N5O2. The van der Waals surface area contributed by atoms with E-state index in [9.17, 15) is 8.78 Å². The van der Waals surface area contributed by atoms with Crippen molar-refractivity contribution in [2.24, 2.45) is 5.10 Å². The standard InChI is InChI=1S/C22H20ClF2N5O2/c23-18-2-1-3-19(24)17(18)14-32-16-6-4-15(5-7-16)12-27-29-22-26-13-20(25)21(28-22)30-8-10-31-11-9-30/h1-7,12-13H,8-11,14H2,(H,26,28,29)/b27-12-. The Kier molecular flexibility index (Phi) is 7.08. The van der Waals surface area contributed by atoms with Crippen LogP contribution in [0.1, 0.15) is 11.1 Å². The molecule has 4 rings (SSSR count). The van der Waals surface area contributed by atoms with Crippen molar-refractivity contribution in [3.8, 4) is 5.75 Å². The Morgan fingerprint density at radius 1 is 1.12 bits per heavy atom. The molecule has 1 saturated heterocycles. The van der Waals surface area contributed by atoms with Gasteiger partial charge in [-0.3, -0.25) is 0 Å². The summed E-state index contributed by atoms with van der Waals surface area (Å²) in [7, 11) is 0. The van der Waals surface area contributed by atoms with E-state index in [0.29, 0.717) is 42.6 Å². The Labute approximate surface area is 188 Å². The highest BCUT2D eigenvalue weighted by Crippen LogP contribution is 2.22. The number of nitrogens with zero attached hydrogens (tertiary/aromatic N) is 4. The maximum atomic E-state index is 14.1. The van der Waals surface area contributed by atoms with Gasteiger partial charge < -0.3 is 14.4 Å². The van der Waals surface area contributed by atoms with Gasteiger partial charge in [-0.2, -0.15) is 10.1 Å². The number of ether oxygens (including phenoxy) is 2. The van der Waals surface area contributed by atoms with Crippen LogP contribution >= 0.6 is 11.6 Å². The van der Waals surface area contributed by atoms with Crippen LogP contribution in [0.5, 0.6) is 5.75 Å². The minimum absolute atomic E-state index is 0.0217. The van der Waals surface area contributed by atoms with Crippen molar-refractivity contribution >= 4 is 29.6 Å². The monoisotopic (exact) mass is 459 g/mol. The fourth-order valence-electron chi connectivity index (χ4n) is 3.05. The van der Waals surface area contributed by atoms with Crippen LogP contribution in [0.3, 0.4) is 0 Å². The molecule has 2 aromatic carbocycles. The molecule has 0 atom stereocenters. The molecule has 166 valence electrons. The molecule has 0 aliphatic carbocycles. The zero-order valence-corrected chi connectivity index (χ0v) is 17.7. The Morgan fingerprint density at radius 3 is 2.66 bits per heavy atom. The van der Waals surface area contributed by atoms with E-state index in [1.54, 1.807) is 42.6 Å². The summed E-state index contributed by atoms with van der Waals surface area (Å²) >= 11 is 6.01. The molecule has 2 heterocycles. The fraction of sp³-hybridized carbons (Fsp3) is 0.227. The van der Waals surface area contributed by atoms with Gasteiger partial charge in [-0.1, -0.05) is 17.7 Å². The van der Waals surface area contributed by atoms with Crippen LogP contribution in [0.15, 0.2) is 53.8 Å². The van der Waals surface area contributed by atoms with Gasteiger partial charge in [-0.25, -0.2) is 19.2 Å². The molecule has 0 radical (unpaired) electrons. The molecule has 0 saturated carbocycles. The molecule has 0 spiro atoms. The van der Waals surface area contributed by atoms with E-state index in [2.05, 4.69) is 20.5 Å². The summed E-state index contributed by atoms with van der Waals surface area (Å²) in [6.07, 6.45) is 2.68. The minimum Gasteiger partial charge on any atom is -0.489 e. The summed E-state index contributed by atoms with van der Waals surface area (Å²) in [6.45, 7) is 2.20. The van der Waals surface area contributed by atoms with E-state index in [-0.39, 0.29) is 18.4 Å². The van der Waals surface area contributed by atoms with Gasteiger partial charge in [0.15, 0.2) is 11.6 Å². The molecule has 0 bridgehead atoms. The molecule has 1 fully saturated rings. The van der Waals surface area contributed by atoms with Crippen molar-refractivity contribution < 1.29 is 18.3 Å². The first-order valence-corrected chi connectivity index (χ1v) is 10.3. The number of aromatic nitrogens is 2. The van der Waals surface area contributed by atoms with E-state index in [1.807, 2.05) is 4.90 Å². The van der Waals surface area contributed by atoms with Crippen molar-refractivity contribution in [3.05, 3.63) is 76.4 Å². The molecule has 0 unspecified atom stereocenters. The Morgan fingerprint density at radius 2 is 1.91 bits per heavy atom. The Balaban J connectivity index is 1.34. The van der Waals surface area contributed by atoms with Crippen LogP contribution in [0.4, 0.5) is 20.5 Å². The lowest BCUT2D eigenvalue weighted by molar-refractivity contribution is 0.122. The summed E-state index contributed by atoms with van der Waals surface area (Å²) < 4.78 is 38.8. The summed E-state index contributed by atoms with van der Waals surface area (Å²) in [5.41, 5.74) is 3.80. The Bertz CT molecular complexity index is 1070. The molecular weight excluding hydrogens is 440 g/mol. The van der Waals surface area contributed by atoms with Crippen LogP contribution in [-0.2, 0) is 11.3 Å². The van der Waals surface area contributed by atoms with E-state index < -0.39 is 11.6 Å². The number of hydrogen-bond acceptors (Lipinski definition) is 7. The first kappa shape index (κ1) is 21.9. The fourth-order valence-corrected chi connectivity index (χ4v) is 3.27. The third-order valence-electron chi connectivity index (χ3n) is 4.74. The number of benzene rings is 2. The highest BCUT2D eigenvalue weighted by molar-refractivity contribution is 6.31. The molecule has 1 aliphatic rings. The predicted octanol–water partition coefficient (Wildman–Crippen LogP) is 4.27. The van der Waals surface area contributed by atoms with E-state index in [4.69, 9.17) is 21.1 Å². The summed E-state index contributed by atoms with van der Waals surface area (Å²) in [5.74, 6) is 0.0653. The van der Waals surface area contributed by atoms with E-state index in [1.165, 1.54) is 6.07 Å². The average molecular weight is 460 g/mol. The van der Waals surface area contributed by atoms with Crippen LogP contribution in [0, 0.1) is 11.6 Å². The normalized spacial score (nSPS) is 14.0. The van der Waals surface area contributed by atoms with Gasteiger partial charge in [0.05, 0.1) is 30.6 Å². The van der Waals surface area contributed by atoms with Gasteiger partial charge in [0.1, 0.15) is 18.2 Å². The Hall–Kier alpha value is -3.30. The first-order valence-electron chi connectivity index (χ1n) is 9.90. The molecule has 32 heavy (non-hydrogen) atoms. The molecule has 10 heteroatoms. The van der Waals surface area contributed by atoms with Crippen molar-refractivity contribution in [2.75, 3.05) is 36.6 Å². The largest absolute Gasteiger partial charge is 0.489 e. The maximum absolute atomic E-state index is 14.1. The summed E-state index contributed by atoms with van der Waals surface area (Å²) in [6, 6.07) is 11.5. The first-order chi connectivity index (χ1) is 15.6. The van der Waals surface area contributed by atoms with Gasteiger partial charge in [0.25, 0.3) is 0 Å². The molecule has 1 aromatic heterocycles. The zero-order valence-electron chi connectivity index (χ0n) is 17.0. The number of morpholine rings is 1. The van der Waals surface area contributed by atoms with Crippen molar-refractivity contribution in [1.29, 1.82) is 0 Å². The van der Waals surface area contributed by atoms with Gasteiger partial charge in [0, 0.05) is 18.7 Å². The lowest BCUT2D eigenvalue weighted by atomic mass is 10.2. The topological polar surface area (TPSA) is 71.9 Å². The summed E-state index contributed by atoms with van der Waals surface area (Å²) in [4.78, 5) is 9.93. The number of halogens is 3. The highest BCUT2D eigenvalue weighted by atomic mass is 35.5. The van der Waals surface area contributed by atoms with Crippen molar-refractivity contribution in [2.45, 2.75) is 6.61 Å². The zero-order chi connectivity index (χ0) is 22.3. The quantitative estimate of drug-likeness (QED) is 0.420. The lowest BCUT2D eigenvalue weighted by Crippen LogP contribution is -2.37. The molecule has 1 aliphatic heterocycles. The number of hydrogen-bond donors (Lipinski definition) is 1. The minimum atomic E-state index is -0.492. The lowest BCUT2D eigenvalue weighted by Gasteiger charge is -2.27. The van der Waals surface area contributed by atoms with Crippen molar-refractivity contribution in [3.63, 3.8) is 0 Å². The van der Waals surface area contributed by atoms with Crippen LogP contribution in [-0.4, -0.2) is 42.5 Å². The highest BCUT2D eigenvalue weighted by Gasteiger charge is 2.17. The van der Waals surface area contributed by atoms with Gasteiger partial charge in [-0.15, -0.1) is 0 Å². The van der Waals surface area contributed by atoms with E-state index >= 15 is 0 Å². The number of nitrogens with one attached hydrogen (secondary N) is 1. The molecule has 7 nitrogen and oxygen atoms in total. The third-order valence-corrected chi connectivity index (χ3v) is 5.09. The third kappa shape index (κ3) is 5.49. The van der Waals surface area contributed by atoms with E-state index in [0.717, 1.165) is 11.8 Å². The van der Waals surface area contributed by atoms with Crippen LogP contribution in [0.2, 0.25) is 5.02 Å². The second-order valence-corrected chi connectivity index (χ2v) is 7.30. The predicted molar refractivity (Wildman–Crippen MR) is 118 cm³/mol. The molecule has 0 amide bonds. The van der Waals surface area contributed by atoms with Gasteiger partial charge >= 0.3 is 0 Å². The number of anilines is 2. The van der Waals surface area contributed by atoms with Crippen molar-refractivity contribution in [1.82, 2.24) is 9.97 Å². The van der Waals surface area contributed by atoms with Crippen LogP contribution < -0.4 is 15.1 Å². The van der Waals surface area contributed by atoms with Crippen LogP contribution in [0.25, 0.3) is 0 Å². The second-order valence-electron chi connectivity index (χ2n) is 6.89. The molecule has 1 N–H and O–H groups in total.